The van der Waals surface area contributed by atoms with Gasteiger partial charge in [0.15, 0.2) is 0 Å². The summed E-state index contributed by atoms with van der Waals surface area (Å²) in [5, 5.41) is 0. The minimum Gasteiger partial charge on any atom is -0.398 e. The Bertz CT molecular complexity index is 500. The summed E-state index contributed by atoms with van der Waals surface area (Å²) in [7, 11) is -3.66. The molecule has 0 saturated heterocycles. The Morgan fingerprint density at radius 2 is 2.00 bits per heavy atom. The smallest absolute Gasteiger partial charge is 0.245 e. The molecular formula is C11H17FN2O2S. The number of nitrogens with two attached hydrogens (primary N) is 1. The lowest BCUT2D eigenvalue weighted by atomic mass is 10.3. The van der Waals surface area contributed by atoms with Crippen LogP contribution in [0.15, 0.2) is 23.1 Å². The molecule has 0 bridgehead atoms. The number of nitrogens with zero attached hydrogens (tertiary/aromatic N) is 1. The molecule has 0 atom stereocenters. The molecule has 1 aromatic rings. The Labute approximate surface area is 101 Å². The average Bonchev–Trinajstić information content (AvgIpc) is 2.16. The summed E-state index contributed by atoms with van der Waals surface area (Å²) in [5.74, 6) is -0.547. The van der Waals surface area contributed by atoms with Crippen molar-refractivity contribution in [2.45, 2.75) is 31.7 Å². The van der Waals surface area contributed by atoms with Crippen LogP contribution in [0.3, 0.4) is 0 Å². The molecule has 1 aromatic carbocycles. The average molecular weight is 260 g/mol. The van der Waals surface area contributed by atoms with E-state index in [2.05, 4.69) is 0 Å². The molecule has 0 unspecified atom stereocenters. The first-order valence-corrected chi connectivity index (χ1v) is 6.81. The van der Waals surface area contributed by atoms with E-state index in [1.165, 1.54) is 10.4 Å². The van der Waals surface area contributed by atoms with Crippen LogP contribution in [-0.4, -0.2) is 25.3 Å². The number of anilines is 1. The fourth-order valence-electron chi connectivity index (χ4n) is 1.69. The zero-order chi connectivity index (χ0) is 13.2. The van der Waals surface area contributed by atoms with Crippen LogP contribution >= 0.6 is 0 Å². The predicted molar refractivity (Wildman–Crippen MR) is 65.5 cm³/mol. The molecule has 4 nitrogen and oxygen atoms in total. The molecule has 96 valence electrons. The molecule has 0 spiro atoms. The summed E-state index contributed by atoms with van der Waals surface area (Å²) >= 11 is 0. The van der Waals surface area contributed by atoms with Gasteiger partial charge in [0.1, 0.15) is 10.7 Å². The molecular weight excluding hydrogens is 243 g/mol. The van der Waals surface area contributed by atoms with Gasteiger partial charge in [-0.05, 0) is 32.0 Å². The molecule has 0 amide bonds. The van der Waals surface area contributed by atoms with E-state index in [1.54, 1.807) is 20.8 Å². The lowest BCUT2D eigenvalue weighted by Crippen LogP contribution is -2.37. The number of nitrogen functional groups attached to an aromatic ring is 1. The van der Waals surface area contributed by atoms with Crippen LogP contribution in [0.25, 0.3) is 0 Å². The molecule has 0 aliphatic heterocycles. The lowest BCUT2D eigenvalue weighted by Gasteiger charge is -2.24. The molecule has 2 N–H and O–H groups in total. The van der Waals surface area contributed by atoms with E-state index < -0.39 is 15.8 Å². The predicted octanol–water partition coefficient (Wildman–Crippen LogP) is 1.83. The van der Waals surface area contributed by atoms with E-state index in [0.29, 0.717) is 6.54 Å². The monoisotopic (exact) mass is 260 g/mol. The maximum absolute atomic E-state index is 12.9. The van der Waals surface area contributed by atoms with E-state index >= 15 is 0 Å². The van der Waals surface area contributed by atoms with Crippen molar-refractivity contribution >= 4 is 15.7 Å². The van der Waals surface area contributed by atoms with E-state index in [0.717, 1.165) is 12.1 Å². The highest BCUT2D eigenvalue weighted by atomic mass is 32.2. The first-order chi connectivity index (χ1) is 7.80. The SMILES string of the molecule is CCN(C(C)C)S(=O)(=O)c1ccc(F)cc1N. The fraction of sp³-hybridized carbons (Fsp3) is 0.455. The number of sulfonamides is 1. The van der Waals surface area contributed by atoms with E-state index in [9.17, 15) is 12.8 Å². The maximum Gasteiger partial charge on any atom is 0.245 e. The molecule has 6 heteroatoms. The lowest BCUT2D eigenvalue weighted by molar-refractivity contribution is 0.369. The van der Waals surface area contributed by atoms with Gasteiger partial charge in [-0.3, -0.25) is 0 Å². The number of hydrogen-bond acceptors (Lipinski definition) is 3. The number of rotatable bonds is 4. The minimum atomic E-state index is -3.66. The van der Waals surface area contributed by atoms with Crippen molar-refractivity contribution in [2.75, 3.05) is 12.3 Å². The maximum atomic E-state index is 12.9. The Balaban J connectivity index is 3.30. The molecule has 0 radical (unpaired) electrons. The summed E-state index contributed by atoms with van der Waals surface area (Å²) in [6, 6.07) is 3.14. The first-order valence-electron chi connectivity index (χ1n) is 5.37. The number of hydrogen-bond donors (Lipinski definition) is 1. The third-order valence-corrected chi connectivity index (χ3v) is 4.67. The minimum absolute atomic E-state index is 0.0468. The summed E-state index contributed by atoms with van der Waals surface area (Å²) in [5.41, 5.74) is 5.49. The molecule has 0 aromatic heterocycles. The van der Waals surface area contributed by atoms with Gasteiger partial charge < -0.3 is 5.73 Å². The second kappa shape index (κ2) is 5.01. The zero-order valence-electron chi connectivity index (χ0n) is 10.1. The summed E-state index contributed by atoms with van der Waals surface area (Å²) in [6.45, 7) is 5.65. The first kappa shape index (κ1) is 13.9. The van der Waals surface area contributed by atoms with Gasteiger partial charge in [-0.2, -0.15) is 4.31 Å². The van der Waals surface area contributed by atoms with Gasteiger partial charge in [0.05, 0.1) is 5.69 Å². The van der Waals surface area contributed by atoms with Crippen molar-refractivity contribution in [3.8, 4) is 0 Å². The molecule has 0 heterocycles. The van der Waals surface area contributed by atoms with Crippen molar-refractivity contribution < 1.29 is 12.8 Å². The van der Waals surface area contributed by atoms with Crippen LogP contribution in [-0.2, 0) is 10.0 Å². The van der Waals surface area contributed by atoms with Crippen molar-refractivity contribution in [2.24, 2.45) is 0 Å². The van der Waals surface area contributed by atoms with E-state index in [4.69, 9.17) is 5.73 Å². The second-order valence-corrected chi connectivity index (χ2v) is 5.84. The summed E-state index contributed by atoms with van der Waals surface area (Å²) < 4.78 is 38.7. The van der Waals surface area contributed by atoms with Crippen molar-refractivity contribution in [1.82, 2.24) is 4.31 Å². The van der Waals surface area contributed by atoms with Crippen LogP contribution in [0.2, 0.25) is 0 Å². The third kappa shape index (κ3) is 2.76. The van der Waals surface area contributed by atoms with Gasteiger partial charge in [0, 0.05) is 12.6 Å². The van der Waals surface area contributed by atoms with Gasteiger partial charge >= 0.3 is 0 Å². The second-order valence-electron chi connectivity index (χ2n) is 3.98. The van der Waals surface area contributed by atoms with Crippen molar-refractivity contribution in [1.29, 1.82) is 0 Å². The Morgan fingerprint density at radius 1 is 1.41 bits per heavy atom. The highest BCUT2D eigenvalue weighted by Crippen LogP contribution is 2.24. The Hall–Kier alpha value is -1.14. The van der Waals surface area contributed by atoms with Crippen molar-refractivity contribution in [3.63, 3.8) is 0 Å². The fourth-order valence-corrected chi connectivity index (χ4v) is 3.44. The number of benzene rings is 1. The van der Waals surface area contributed by atoms with E-state index in [1.807, 2.05) is 0 Å². The third-order valence-electron chi connectivity index (χ3n) is 2.45. The van der Waals surface area contributed by atoms with Gasteiger partial charge in [0.2, 0.25) is 10.0 Å². The molecule has 1 rings (SSSR count). The van der Waals surface area contributed by atoms with Gasteiger partial charge in [-0.15, -0.1) is 0 Å². The molecule has 0 aliphatic carbocycles. The standard InChI is InChI=1S/C11H17FN2O2S/c1-4-14(8(2)3)17(15,16)11-6-5-9(12)7-10(11)13/h5-8H,4,13H2,1-3H3. The van der Waals surface area contributed by atoms with Crippen LogP contribution in [0.5, 0.6) is 0 Å². The normalized spacial score (nSPS) is 12.4. The summed E-state index contributed by atoms with van der Waals surface area (Å²) in [6.07, 6.45) is 0. The molecule has 0 saturated carbocycles. The highest BCUT2D eigenvalue weighted by Gasteiger charge is 2.27. The van der Waals surface area contributed by atoms with Crippen LogP contribution in [0, 0.1) is 5.82 Å². The molecule has 17 heavy (non-hydrogen) atoms. The topological polar surface area (TPSA) is 63.4 Å². The zero-order valence-corrected chi connectivity index (χ0v) is 11.0. The Morgan fingerprint density at radius 3 is 2.41 bits per heavy atom. The van der Waals surface area contributed by atoms with Gasteiger partial charge in [-0.1, -0.05) is 6.92 Å². The number of halogens is 1. The van der Waals surface area contributed by atoms with Gasteiger partial charge in [0.25, 0.3) is 0 Å². The van der Waals surface area contributed by atoms with Crippen LogP contribution in [0.1, 0.15) is 20.8 Å². The van der Waals surface area contributed by atoms with Crippen LogP contribution < -0.4 is 5.73 Å². The largest absolute Gasteiger partial charge is 0.398 e. The molecule has 0 aliphatic rings. The van der Waals surface area contributed by atoms with E-state index in [-0.39, 0.29) is 16.6 Å². The van der Waals surface area contributed by atoms with Gasteiger partial charge in [-0.25, -0.2) is 12.8 Å². The van der Waals surface area contributed by atoms with Crippen molar-refractivity contribution in [3.05, 3.63) is 24.0 Å². The summed E-state index contributed by atoms with van der Waals surface area (Å²) in [4.78, 5) is -0.0468. The quantitative estimate of drug-likeness (QED) is 0.840. The van der Waals surface area contributed by atoms with Crippen LogP contribution in [0.4, 0.5) is 10.1 Å². The highest BCUT2D eigenvalue weighted by molar-refractivity contribution is 7.89. The Kier molecular flexibility index (Phi) is 4.11. The molecule has 0 fully saturated rings.